The molecular weight excluding hydrogens is 536 g/mol. The summed E-state index contributed by atoms with van der Waals surface area (Å²) < 4.78 is 9.30. The molecule has 0 aliphatic heterocycles. The molecule has 3 nitrogen and oxygen atoms in total. The van der Waals surface area contributed by atoms with Gasteiger partial charge in [0.1, 0.15) is 11.2 Å². The predicted molar refractivity (Wildman–Crippen MR) is 182 cm³/mol. The van der Waals surface area contributed by atoms with Gasteiger partial charge in [0.2, 0.25) is 0 Å². The van der Waals surface area contributed by atoms with E-state index < -0.39 is 0 Å². The van der Waals surface area contributed by atoms with Gasteiger partial charge in [-0.1, -0.05) is 115 Å². The van der Waals surface area contributed by atoms with Crippen molar-refractivity contribution in [2.75, 3.05) is 0 Å². The monoisotopic (exact) mass is 562 g/mol. The summed E-state index contributed by atoms with van der Waals surface area (Å²) in [5.41, 5.74) is 11.4. The van der Waals surface area contributed by atoms with Gasteiger partial charge in [-0.2, -0.15) is 0 Å². The first-order valence-electron chi connectivity index (χ1n) is 14.9. The standard InChI is InChI=1S/C41H26N2O/c1-4-13-27(14-5-1)35-25-29(26-36(42-35)28-15-6-2-7-16-28)31-20-12-21-32-33-23-24-38-39(41(33)44-40(31)32)34-19-10-11-22-37(34)43(38)30-17-8-3-9-18-30/h1-26H. The second-order valence-corrected chi connectivity index (χ2v) is 11.2. The fourth-order valence-corrected chi connectivity index (χ4v) is 6.59. The summed E-state index contributed by atoms with van der Waals surface area (Å²) in [6, 6.07) is 55.2. The van der Waals surface area contributed by atoms with Crippen LogP contribution in [0.3, 0.4) is 0 Å². The van der Waals surface area contributed by atoms with E-state index in [2.05, 4.69) is 150 Å². The largest absolute Gasteiger partial charge is 0.455 e. The van der Waals surface area contributed by atoms with Gasteiger partial charge in [-0.15, -0.1) is 0 Å². The zero-order chi connectivity index (χ0) is 29.0. The summed E-state index contributed by atoms with van der Waals surface area (Å²) in [5, 5.41) is 4.54. The number of nitrogens with zero attached hydrogens (tertiary/aromatic N) is 2. The highest BCUT2D eigenvalue weighted by Crippen LogP contribution is 2.43. The first kappa shape index (κ1) is 24.6. The Morgan fingerprint density at radius 2 is 1.02 bits per heavy atom. The molecule has 0 bridgehead atoms. The van der Waals surface area contributed by atoms with E-state index in [-0.39, 0.29) is 0 Å². The number of hydrogen-bond acceptors (Lipinski definition) is 2. The molecule has 3 heterocycles. The van der Waals surface area contributed by atoms with Gasteiger partial charge in [-0.25, -0.2) is 4.98 Å². The van der Waals surface area contributed by atoms with Crippen LogP contribution in [0.2, 0.25) is 0 Å². The highest BCUT2D eigenvalue weighted by Gasteiger charge is 2.20. The number of para-hydroxylation sites is 3. The zero-order valence-corrected chi connectivity index (χ0v) is 23.8. The van der Waals surface area contributed by atoms with Crippen molar-refractivity contribution < 1.29 is 4.42 Å². The molecule has 9 aromatic rings. The lowest BCUT2D eigenvalue weighted by atomic mass is 9.98. The normalized spacial score (nSPS) is 11.6. The van der Waals surface area contributed by atoms with Gasteiger partial charge in [0, 0.05) is 38.5 Å². The summed E-state index contributed by atoms with van der Waals surface area (Å²) in [4.78, 5) is 5.10. The van der Waals surface area contributed by atoms with Gasteiger partial charge in [-0.05, 0) is 48.0 Å². The van der Waals surface area contributed by atoms with E-state index in [0.717, 1.165) is 77.7 Å². The molecule has 0 N–H and O–H groups in total. The first-order chi connectivity index (χ1) is 21.8. The number of benzene rings is 6. The lowest BCUT2D eigenvalue weighted by molar-refractivity contribution is 0.674. The van der Waals surface area contributed by atoms with E-state index >= 15 is 0 Å². The molecule has 44 heavy (non-hydrogen) atoms. The molecule has 0 fully saturated rings. The predicted octanol–water partition coefficient (Wildman–Crippen LogP) is 11.1. The quantitative estimate of drug-likeness (QED) is 0.214. The summed E-state index contributed by atoms with van der Waals surface area (Å²) in [6.07, 6.45) is 0. The molecule has 3 heteroatoms. The molecule has 3 aromatic heterocycles. The second kappa shape index (κ2) is 9.82. The molecule has 0 spiro atoms. The average Bonchev–Trinajstić information content (AvgIpc) is 3.65. The lowest BCUT2D eigenvalue weighted by Crippen LogP contribution is -1.92. The Balaban J connectivity index is 1.34. The molecule has 0 atom stereocenters. The van der Waals surface area contributed by atoms with Crippen LogP contribution < -0.4 is 0 Å². The number of pyridine rings is 1. The maximum atomic E-state index is 6.97. The molecule has 0 saturated heterocycles. The third-order valence-electron chi connectivity index (χ3n) is 8.59. The molecule has 0 unspecified atom stereocenters. The number of furan rings is 1. The Bertz CT molecular complexity index is 2420. The van der Waals surface area contributed by atoms with Gasteiger partial charge in [0.05, 0.1) is 27.8 Å². The van der Waals surface area contributed by atoms with E-state index in [1.54, 1.807) is 0 Å². The molecule has 0 aliphatic carbocycles. The smallest absolute Gasteiger partial charge is 0.145 e. The van der Waals surface area contributed by atoms with Crippen LogP contribution >= 0.6 is 0 Å². The molecule has 0 saturated carbocycles. The fraction of sp³-hybridized carbons (Fsp3) is 0. The number of aromatic nitrogens is 2. The van der Waals surface area contributed by atoms with Gasteiger partial charge >= 0.3 is 0 Å². The van der Waals surface area contributed by atoms with Crippen molar-refractivity contribution in [3.05, 3.63) is 158 Å². The van der Waals surface area contributed by atoms with Crippen LogP contribution in [-0.4, -0.2) is 9.55 Å². The molecule has 0 aliphatic rings. The first-order valence-corrected chi connectivity index (χ1v) is 14.9. The summed E-state index contributed by atoms with van der Waals surface area (Å²) in [5.74, 6) is 0. The Labute approximate surface area is 254 Å². The minimum absolute atomic E-state index is 0.885. The maximum Gasteiger partial charge on any atom is 0.145 e. The van der Waals surface area contributed by atoms with Gasteiger partial charge in [0.15, 0.2) is 0 Å². The van der Waals surface area contributed by atoms with Crippen molar-refractivity contribution in [1.82, 2.24) is 9.55 Å². The Kier molecular flexibility index (Phi) is 5.50. The number of fused-ring (bicyclic) bond motifs is 7. The van der Waals surface area contributed by atoms with Crippen LogP contribution in [0.5, 0.6) is 0 Å². The molecule has 206 valence electrons. The van der Waals surface area contributed by atoms with E-state index in [4.69, 9.17) is 9.40 Å². The summed E-state index contributed by atoms with van der Waals surface area (Å²) in [7, 11) is 0. The maximum absolute atomic E-state index is 6.97. The Hall–Kier alpha value is -5.93. The third-order valence-corrected chi connectivity index (χ3v) is 8.59. The SMILES string of the molecule is c1ccc(-c2cc(-c3cccc4c3oc3c4ccc4c3c3ccccc3n4-c3ccccc3)cc(-c3ccccc3)n2)cc1. The summed E-state index contributed by atoms with van der Waals surface area (Å²) >= 11 is 0. The minimum Gasteiger partial charge on any atom is -0.455 e. The highest BCUT2D eigenvalue weighted by atomic mass is 16.3. The lowest BCUT2D eigenvalue weighted by Gasteiger charge is -2.10. The topological polar surface area (TPSA) is 31.0 Å². The highest BCUT2D eigenvalue weighted by molar-refractivity contribution is 6.24. The van der Waals surface area contributed by atoms with Crippen molar-refractivity contribution in [3.63, 3.8) is 0 Å². The van der Waals surface area contributed by atoms with Crippen molar-refractivity contribution in [3.8, 4) is 39.3 Å². The molecule has 0 amide bonds. The van der Waals surface area contributed by atoms with Crippen LogP contribution in [0.1, 0.15) is 0 Å². The Morgan fingerprint density at radius 3 is 1.73 bits per heavy atom. The van der Waals surface area contributed by atoms with E-state index in [1.807, 2.05) is 12.1 Å². The van der Waals surface area contributed by atoms with Crippen molar-refractivity contribution >= 4 is 43.7 Å². The van der Waals surface area contributed by atoms with E-state index in [0.29, 0.717) is 0 Å². The Morgan fingerprint density at radius 1 is 0.432 bits per heavy atom. The van der Waals surface area contributed by atoms with Crippen LogP contribution in [-0.2, 0) is 0 Å². The van der Waals surface area contributed by atoms with Crippen molar-refractivity contribution in [1.29, 1.82) is 0 Å². The number of rotatable bonds is 4. The van der Waals surface area contributed by atoms with Gasteiger partial charge < -0.3 is 8.98 Å². The molecule has 9 rings (SSSR count). The zero-order valence-electron chi connectivity index (χ0n) is 23.8. The van der Waals surface area contributed by atoms with Crippen LogP contribution in [0.25, 0.3) is 83.1 Å². The van der Waals surface area contributed by atoms with Gasteiger partial charge in [-0.3, -0.25) is 0 Å². The van der Waals surface area contributed by atoms with Crippen LogP contribution in [0, 0.1) is 0 Å². The third kappa shape index (κ3) is 3.80. The fourth-order valence-electron chi connectivity index (χ4n) is 6.59. The second-order valence-electron chi connectivity index (χ2n) is 11.2. The van der Waals surface area contributed by atoms with Crippen molar-refractivity contribution in [2.45, 2.75) is 0 Å². The molecule has 0 radical (unpaired) electrons. The van der Waals surface area contributed by atoms with Crippen LogP contribution in [0.4, 0.5) is 0 Å². The molecule has 6 aromatic carbocycles. The molecular formula is C41H26N2O. The van der Waals surface area contributed by atoms with E-state index in [1.165, 1.54) is 5.39 Å². The van der Waals surface area contributed by atoms with Gasteiger partial charge in [0.25, 0.3) is 0 Å². The number of hydrogen-bond donors (Lipinski definition) is 0. The van der Waals surface area contributed by atoms with Crippen LogP contribution in [0.15, 0.2) is 162 Å². The van der Waals surface area contributed by atoms with E-state index in [9.17, 15) is 0 Å². The average molecular weight is 563 g/mol. The van der Waals surface area contributed by atoms with Crippen molar-refractivity contribution in [2.24, 2.45) is 0 Å². The summed E-state index contributed by atoms with van der Waals surface area (Å²) in [6.45, 7) is 0. The minimum atomic E-state index is 0.885.